The number of aryl methyl sites for hydroxylation is 1. The maximum Gasteiger partial charge on any atom is 0.320 e. The van der Waals surface area contributed by atoms with E-state index in [9.17, 15) is 26.4 Å². The zero-order valence-electron chi connectivity index (χ0n) is 29.3. The number of nitrogens with zero attached hydrogens (tertiary/aromatic N) is 5. The smallest absolute Gasteiger partial charge is 0.320 e. The second-order valence-electron chi connectivity index (χ2n) is 13.1. The minimum atomic E-state index is -4.34. The van der Waals surface area contributed by atoms with Gasteiger partial charge in [0.05, 0.1) is 35.4 Å². The molecule has 1 aliphatic rings. The number of nitrogens with one attached hydrogen (secondary N) is 2. The van der Waals surface area contributed by atoms with E-state index in [0.717, 1.165) is 11.6 Å². The van der Waals surface area contributed by atoms with Gasteiger partial charge in [0.25, 0.3) is 0 Å². The van der Waals surface area contributed by atoms with Crippen molar-refractivity contribution in [1.29, 1.82) is 0 Å². The molecule has 0 aliphatic carbocycles. The number of hydrogen-bond acceptors (Lipinski definition) is 11. The van der Waals surface area contributed by atoms with Gasteiger partial charge in [-0.2, -0.15) is 5.10 Å². The van der Waals surface area contributed by atoms with Gasteiger partial charge in [-0.25, -0.2) is 35.9 Å². The molecule has 0 spiro atoms. The van der Waals surface area contributed by atoms with Gasteiger partial charge in [-0.3, -0.25) is 14.4 Å². The fraction of sp³-hybridized carbons (Fsp3) is 0.324. The van der Waals surface area contributed by atoms with Crippen LogP contribution in [0.25, 0.3) is 22.0 Å². The summed E-state index contributed by atoms with van der Waals surface area (Å²) >= 11 is 0. The highest BCUT2D eigenvalue weighted by Crippen LogP contribution is 2.39. The molecular weight excluding hydrogens is 731 g/mol. The minimum absolute atomic E-state index is 0.0102. The Morgan fingerprint density at radius 3 is 2.57 bits per heavy atom. The van der Waals surface area contributed by atoms with Gasteiger partial charge in [-0.05, 0) is 49.2 Å². The van der Waals surface area contributed by atoms with Crippen molar-refractivity contribution in [2.75, 3.05) is 35.4 Å². The topological polar surface area (TPSA) is 149 Å². The Morgan fingerprint density at radius 1 is 1.02 bits per heavy atom. The molecule has 0 unspecified atom stereocenters. The van der Waals surface area contributed by atoms with Crippen LogP contribution in [0.5, 0.6) is 11.6 Å². The summed E-state index contributed by atoms with van der Waals surface area (Å²) in [5.74, 6) is -5.11. The molecule has 5 aromatic rings. The number of aromatic nitrogens is 4. The molecular formula is C37H37F4N7O5S. The van der Waals surface area contributed by atoms with Gasteiger partial charge in [-0.1, -0.05) is 42.5 Å². The number of hydrogen-bond donors (Lipinski definition) is 2. The number of ether oxygens (including phenoxy) is 2. The molecule has 3 heterocycles. The summed E-state index contributed by atoms with van der Waals surface area (Å²) in [6.45, 7) is 2.78. The Hall–Kier alpha value is -5.42. The number of anilines is 2. The Bertz CT molecular complexity index is 2230. The van der Waals surface area contributed by atoms with Crippen LogP contribution >= 0.6 is 0 Å². The van der Waals surface area contributed by atoms with E-state index in [4.69, 9.17) is 9.47 Å². The monoisotopic (exact) mass is 767 g/mol. The third-order valence-electron chi connectivity index (χ3n) is 8.59. The molecule has 284 valence electrons. The predicted octanol–water partition coefficient (Wildman–Crippen LogP) is 6.68. The summed E-state index contributed by atoms with van der Waals surface area (Å²) in [6, 6.07) is 17.6. The molecule has 3 aromatic carbocycles. The lowest BCUT2D eigenvalue weighted by Gasteiger charge is -2.34. The molecule has 2 aromatic heterocycles. The van der Waals surface area contributed by atoms with Crippen LogP contribution in [0.15, 0.2) is 79.1 Å². The number of alkyl halides is 3. The lowest BCUT2D eigenvalue weighted by Crippen LogP contribution is -2.49. The van der Waals surface area contributed by atoms with E-state index in [1.165, 1.54) is 24.5 Å². The number of fused-ring (bicyclic) bond motifs is 1. The first-order chi connectivity index (χ1) is 25.7. The van der Waals surface area contributed by atoms with Crippen molar-refractivity contribution in [2.24, 2.45) is 0 Å². The first-order valence-electron chi connectivity index (χ1n) is 17.0. The second kappa shape index (κ2) is 16.3. The van der Waals surface area contributed by atoms with Crippen molar-refractivity contribution in [3.05, 3.63) is 96.1 Å². The van der Waals surface area contributed by atoms with E-state index in [1.54, 1.807) is 30.0 Å². The van der Waals surface area contributed by atoms with Crippen LogP contribution in [0.2, 0.25) is 0 Å². The number of benzene rings is 3. The van der Waals surface area contributed by atoms with E-state index < -0.39 is 57.8 Å². The van der Waals surface area contributed by atoms with Gasteiger partial charge in [-0.15, -0.1) is 5.10 Å². The van der Waals surface area contributed by atoms with Gasteiger partial charge < -0.3 is 14.8 Å². The lowest BCUT2D eigenvalue weighted by atomic mass is 10.0. The SMILES string of the molecule is Cc1ccc2c(NS(=O)(=O)CCC(C)(F)F)c(F)ccc2c1Oc1nnccc1-c1ccnc(N[C@H]2C[C@H](F)CN(CC(=O)OCc3ccccc3)C2)n1. The summed E-state index contributed by atoms with van der Waals surface area (Å²) in [5, 5.41) is 11.7. The molecule has 12 nitrogen and oxygen atoms in total. The summed E-state index contributed by atoms with van der Waals surface area (Å²) in [6.07, 6.45) is 0.944. The number of likely N-dealkylation sites (tertiary alicyclic amines) is 1. The quantitative estimate of drug-likeness (QED) is 0.0921. The van der Waals surface area contributed by atoms with Crippen molar-refractivity contribution in [1.82, 2.24) is 25.1 Å². The number of halogens is 4. The molecule has 17 heteroatoms. The maximum absolute atomic E-state index is 15.1. The van der Waals surface area contributed by atoms with E-state index in [2.05, 4.69) is 30.2 Å². The molecule has 6 rings (SSSR count). The Morgan fingerprint density at radius 2 is 1.80 bits per heavy atom. The van der Waals surface area contributed by atoms with Crippen LogP contribution in [-0.2, 0) is 26.2 Å². The number of rotatable bonds is 14. The van der Waals surface area contributed by atoms with E-state index in [1.807, 2.05) is 30.3 Å². The van der Waals surface area contributed by atoms with Crippen LogP contribution < -0.4 is 14.8 Å². The highest BCUT2D eigenvalue weighted by atomic mass is 32.2. The fourth-order valence-electron chi connectivity index (χ4n) is 5.99. The van der Waals surface area contributed by atoms with Gasteiger partial charge in [0.1, 0.15) is 24.3 Å². The van der Waals surface area contributed by atoms with Crippen LogP contribution in [0.4, 0.5) is 29.2 Å². The largest absolute Gasteiger partial charge is 0.460 e. The number of carbonyl (C=O) groups excluding carboxylic acids is 1. The van der Waals surface area contributed by atoms with Crippen LogP contribution in [0.1, 0.15) is 30.9 Å². The Balaban J connectivity index is 1.19. The van der Waals surface area contributed by atoms with Crippen LogP contribution in [-0.4, -0.2) is 83.0 Å². The number of carbonyl (C=O) groups is 1. The van der Waals surface area contributed by atoms with E-state index in [0.29, 0.717) is 35.7 Å². The average molecular weight is 768 g/mol. The molecule has 0 radical (unpaired) electrons. The zero-order valence-corrected chi connectivity index (χ0v) is 30.1. The van der Waals surface area contributed by atoms with Crippen LogP contribution in [0, 0.1) is 12.7 Å². The van der Waals surface area contributed by atoms with E-state index >= 15 is 4.39 Å². The number of sulfonamides is 1. The van der Waals surface area contributed by atoms with Crippen molar-refractivity contribution in [3.63, 3.8) is 0 Å². The first-order valence-corrected chi connectivity index (χ1v) is 18.6. The summed E-state index contributed by atoms with van der Waals surface area (Å²) in [5.41, 5.74) is 1.78. The van der Waals surface area contributed by atoms with Gasteiger partial charge in [0.15, 0.2) is 0 Å². The normalized spacial score (nSPS) is 16.6. The highest BCUT2D eigenvalue weighted by Gasteiger charge is 2.30. The molecule has 1 aliphatic heterocycles. The number of piperidine rings is 1. The van der Waals surface area contributed by atoms with Crippen molar-refractivity contribution in [3.8, 4) is 22.9 Å². The fourth-order valence-corrected chi connectivity index (χ4v) is 7.24. The third-order valence-corrected chi connectivity index (χ3v) is 9.84. The maximum atomic E-state index is 15.1. The Kier molecular flexibility index (Phi) is 11.6. The molecule has 0 amide bonds. The molecule has 1 fully saturated rings. The zero-order chi connectivity index (χ0) is 38.5. The molecule has 1 saturated heterocycles. The average Bonchev–Trinajstić information content (AvgIpc) is 3.12. The molecule has 0 saturated carbocycles. The number of esters is 1. The van der Waals surface area contributed by atoms with Gasteiger partial charge in [0.2, 0.25) is 27.8 Å². The van der Waals surface area contributed by atoms with Crippen molar-refractivity contribution in [2.45, 2.75) is 51.4 Å². The molecule has 0 bridgehead atoms. The van der Waals surface area contributed by atoms with Crippen molar-refractivity contribution < 1.29 is 40.2 Å². The Labute approximate surface area is 309 Å². The summed E-state index contributed by atoms with van der Waals surface area (Å²) in [4.78, 5) is 23.1. The third kappa shape index (κ3) is 9.96. The first kappa shape index (κ1) is 38.3. The molecule has 2 N–H and O–H groups in total. The van der Waals surface area contributed by atoms with Gasteiger partial charge >= 0.3 is 5.97 Å². The highest BCUT2D eigenvalue weighted by molar-refractivity contribution is 7.92. The van der Waals surface area contributed by atoms with Crippen molar-refractivity contribution >= 4 is 38.4 Å². The molecule has 54 heavy (non-hydrogen) atoms. The molecule has 2 atom stereocenters. The van der Waals surface area contributed by atoms with Gasteiger partial charge in [0, 0.05) is 48.9 Å². The second-order valence-corrected chi connectivity index (χ2v) is 14.9. The summed E-state index contributed by atoms with van der Waals surface area (Å²) < 4.78 is 95.8. The standard InChI is InChI=1S/C37H37F4N7O5S/c1-23-8-9-27-28(10-11-30(39)33(27)47-54(50,51)17-14-37(2,40)41)34(23)53-35-29(12-16-43-46-35)31-13-15-42-36(45-31)44-26-18-25(38)19-48(20-26)21-32(49)52-22-24-6-4-3-5-7-24/h3-13,15-16,25-26,47H,14,17-22H2,1-2H3,(H,42,44,45)/t25-,26-/m0/s1. The van der Waals surface area contributed by atoms with E-state index in [-0.39, 0.29) is 49.1 Å². The predicted molar refractivity (Wildman–Crippen MR) is 194 cm³/mol. The minimum Gasteiger partial charge on any atom is -0.460 e. The van der Waals surface area contributed by atoms with Crippen LogP contribution in [0.3, 0.4) is 0 Å². The lowest BCUT2D eigenvalue weighted by molar-refractivity contribution is -0.146. The summed E-state index contributed by atoms with van der Waals surface area (Å²) in [7, 11) is -4.34.